The minimum Gasteiger partial charge on any atom is -0.368 e. The average molecular weight is 285 g/mol. The number of aryl methyl sites for hydroxylation is 1. The lowest BCUT2D eigenvalue weighted by atomic mass is 10.1. The minimum absolute atomic E-state index is 0.318. The van der Waals surface area contributed by atoms with Crippen LogP contribution in [0, 0.1) is 6.92 Å². The Morgan fingerprint density at radius 2 is 2.06 bits per heavy atom. The summed E-state index contributed by atoms with van der Waals surface area (Å²) < 4.78 is 0.687. The zero-order chi connectivity index (χ0) is 12.3. The van der Waals surface area contributed by atoms with Gasteiger partial charge in [0.2, 0.25) is 5.91 Å². The quantitative estimate of drug-likeness (QED) is 0.880. The van der Waals surface area contributed by atoms with Gasteiger partial charge in [-0.05, 0) is 41.9 Å². The Kier molecular flexibility index (Phi) is 4.06. The summed E-state index contributed by atoms with van der Waals surface area (Å²) >= 11 is 3.28. The number of nitrogens with two attached hydrogens (primary N) is 1. The summed E-state index contributed by atoms with van der Waals surface area (Å²) in [6, 6.07) is 4.74. The second-order valence-electron chi connectivity index (χ2n) is 3.58. The first-order valence-electron chi connectivity index (χ1n) is 4.78. The zero-order valence-electron chi connectivity index (χ0n) is 9.08. The maximum atomic E-state index is 11.8. The molecular formula is C11H13BrN2O2. The van der Waals surface area contributed by atoms with E-state index >= 15 is 0 Å². The first kappa shape index (κ1) is 12.7. The lowest BCUT2D eigenvalue weighted by Gasteiger charge is -2.11. The van der Waals surface area contributed by atoms with Crippen molar-refractivity contribution in [3.63, 3.8) is 0 Å². The highest BCUT2D eigenvalue weighted by Crippen LogP contribution is 2.18. The molecule has 5 heteroatoms. The number of rotatable bonds is 3. The van der Waals surface area contributed by atoms with Crippen LogP contribution in [-0.4, -0.2) is 17.9 Å². The van der Waals surface area contributed by atoms with Gasteiger partial charge in [0, 0.05) is 4.47 Å². The third-order valence-corrected chi connectivity index (χ3v) is 2.83. The summed E-state index contributed by atoms with van der Waals surface area (Å²) in [5, 5.41) is 2.52. The van der Waals surface area contributed by atoms with Crippen molar-refractivity contribution in [2.45, 2.75) is 19.9 Å². The number of primary amides is 1. The van der Waals surface area contributed by atoms with Crippen molar-refractivity contribution in [3.8, 4) is 0 Å². The van der Waals surface area contributed by atoms with Crippen molar-refractivity contribution in [1.82, 2.24) is 5.32 Å². The Balaban J connectivity index is 2.88. The molecule has 1 aromatic rings. The first-order valence-corrected chi connectivity index (χ1v) is 5.57. The van der Waals surface area contributed by atoms with Gasteiger partial charge in [-0.3, -0.25) is 9.59 Å². The van der Waals surface area contributed by atoms with Gasteiger partial charge < -0.3 is 11.1 Å². The normalized spacial score (nSPS) is 11.9. The van der Waals surface area contributed by atoms with E-state index in [0.29, 0.717) is 10.0 Å². The average Bonchev–Trinajstić information content (AvgIpc) is 2.21. The van der Waals surface area contributed by atoms with Crippen molar-refractivity contribution in [2.75, 3.05) is 0 Å². The molecule has 0 aromatic heterocycles. The molecule has 16 heavy (non-hydrogen) atoms. The summed E-state index contributed by atoms with van der Waals surface area (Å²) in [6.45, 7) is 3.44. The van der Waals surface area contributed by atoms with Crippen LogP contribution < -0.4 is 11.1 Å². The van der Waals surface area contributed by atoms with Crippen LogP contribution in [0.25, 0.3) is 0 Å². The van der Waals surface area contributed by atoms with E-state index in [9.17, 15) is 9.59 Å². The summed E-state index contributed by atoms with van der Waals surface area (Å²) in [6.07, 6.45) is 0. The number of halogens is 1. The van der Waals surface area contributed by atoms with Gasteiger partial charge in [-0.2, -0.15) is 0 Å². The van der Waals surface area contributed by atoms with Crippen LogP contribution in [0.2, 0.25) is 0 Å². The van der Waals surface area contributed by atoms with Crippen LogP contribution in [-0.2, 0) is 4.79 Å². The molecule has 0 radical (unpaired) electrons. The summed E-state index contributed by atoms with van der Waals surface area (Å²) in [5.74, 6) is -0.876. The van der Waals surface area contributed by atoms with Crippen molar-refractivity contribution < 1.29 is 9.59 Å². The highest BCUT2D eigenvalue weighted by molar-refractivity contribution is 9.10. The Hall–Kier alpha value is -1.36. The van der Waals surface area contributed by atoms with Gasteiger partial charge >= 0.3 is 0 Å². The predicted octanol–water partition coefficient (Wildman–Crippen LogP) is 1.36. The smallest absolute Gasteiger partial charge is 0.253 e. The topological polar surface area (TPSA) is 72.2 Å². The lowest BCUT2D eigenvalue weighted by molar-refractivity contribution is -0.119. The Morgan fingerprint density at radius 3 is 2.62 bits per heavy atom. The van der Waals surface area contributed by atoms with Crippen molar-refractivity contribution in [2.24, 2.45) is 5.73 Å². The van der Waals surface area contributed by atoms with Gasteiger partial charge in [0.1, 0.15) is 6.04 Å². The summed E-state index contributed by atoms with van der Waals surface area (Å²) in [4.78, 5) is 22.6. The SMILES string of the molecule is Cc1ccc(Br)c(C(=O)N[C@H](C)C(N)=O)c1. The second-order valence-corrected chi connectivity index (χ2v) is 4.44. The minimum atomic E-state index is -0.681. The Bertz CT molecular complexity index is 432. The molecule has 4 nitrogen and oxygen atoms in total. The molecule has 0 saturated heterocycles. The van der Waals surface area contributed by atoms with Crippen molar-refractivity contribution >= 4 is 27.7 Å². The van der Waals surface area contributed by atoms with Gasteiger partial charge in [0.15, 0.2) is 0 Å². The molecule has 0 bridgehead atoms. The number of amides is 2. The zero-order valence-corrected chi connectivity index (χ0v) is 10.7. The molecule has 1 aromatic carbocycles. The third kappa shape index (κ3) is 3.06. The number of hydrogen-bond acceptors (Lipinski definition) is 2. The van der Waals surface area contributed by atoms with E-state index in [-0.39, 0.29) is 5.91 Å². The van der Waals surface area contributed by atoms with E-state index in [1.807, 2.05) is 13.0 Å². The molecule has 0 fully saturated rings. The number of carbonyl (C=O) groups is 2. The summed E-state index contributed by atoms with van der Waals surface area (Å²) in [5.41, 5.74) is 6.53. The molecule has 0 aliphatic heterocycles. The first-order chi connectivity index (χ1) is 7.41. The molecule has 2 amide bonds. The molecule has 1 atom stereocenters. The largest absolute Gasteiger partial charge is 0.368 e. The van der Waals surface area contributed by atoms with Gasteiger partial charge in [-0.25, -0.2) is 0 Å². The molecule has 3 N–H and O–H groups in total. The highest BCUT2D eigenvalue weighted by atomic mass is 79.9. The third-order valence-electron chi connectivity index (χ3n) is 2.14. The maximum absolute atomic E-state index is 11.8. The van der Waals surface area contributed by atoms with Crippen LogP contribution in [0.1, 0.15) is 22.8 Å². The number of benzene rings is 1. The second kappa shape index (κ2) is 5.12. The Morgan fingerprint density at radius 1 is 1.44 bits per heavy atom. The molecule has 0 aliphatic carbocycles. The number of nitrogens with one attached hydrogen (secondary N) is 1. The molecule has 86 valence electrons. The van der Waals surface area contributed by atoms with Gasteiger partial charge in [0.25, 0.3) is 5.91 Å². The van der Waals surface area contributed by atoms with Crippen LogP contribution in [0.15, 0.2) is 22.7 Å². The van der Waals surface area contributed by atoms with Crippen LogP contribution in [0.3, 0.4) is 0 Å². The summed E-state index contributed by atoms with van der Waals surface area (Å²) in [7, 11) is 0. The lowest BCUT2D eigenvalue weighted by Crippen LogP contribution is -2.42. The van der Waals surface area contributed by atoms with Crippen molar-refractivity contribution in [1.29, 1.82) is 0 Å². The van der Waals surface area contributed by atoms with Crippen molar-refractivity contribution in [3.05, 3.63) is 33.8 Å². The van der Waals surface area contributed by atoms with Gasteiger partial charge in [0.05, 0.1) is 5.56 Å². The number of carbonyl (C=O) groups excluding carboxylic acids is 2. The molecule has 0 spiro atoms. The van der Waals surface area contributed by atoms with E-state index in [1.165, 1.54) is 0 Å². The van der Waals surface area contributed by atoms with E-state index in [0.717, 1.165) is 5.56 Å². The standard InChI is InChI=1S/C11H13BrN2O2/c1-6-3-4-9(12)8(5-6)11(16)14-7(2)10(13)15/h3-5,7H,1-2H3,(H2,13,15)(H,14,16)/t7-/m1/s1. The van der Waals surface area contributed by atoms with Gasteiger partial charge in [-0.1, -0.05) is 11.6 Å². The molecule has 0 heterocycles. The number of hydrogen-bond donors (Lipinski definition) is 2. The fraction of sp³-hybridized carbons (Fsp3) is 0.273. The van der Waals surface area contributed by atoms with Crippen LogP contribution >= 0.6 is 15.9 Å². The van der Waals surface area contributed by atoms with E-state index < -0.39 is 11.9 Å². The molecule has 1 rings (SSSR count). The Labute approximate surface area is 102 Å². The van der Waals surface area contributed by atoms with Crippen LogP contribution in [0.4, 0.5) is 0 Å². The molecule has 0 saturated carbocycles. The molecular weight excluding hydrogens is 272 g/mol. The molecule has 0 aliphatic rings. The van der Waals surface area contributed by atoms with Crippen LogP contribution in [0.5, 0.6) is 0 Å². The van der Waals surface area contributed by atoms with E-state index in [4.69, 9.17) is 5.73 Å². The van der Waals surface area contributed by atoms with E-state index in [2.05, 4.69) is 21.2 Å². The van der Waals surface area contributed by atoms with Gasteiger partial charge in [-0.15, -0.1) is 0 Å². The molecule has 0 unspecified atom stereocenters. The monoisotopic (exact) mass is 284 g/mol. The fourth-order valence-electron chi connectivity index (χ4n) is 1.16. The highest BCUT2D eigenvalue weighted by Gasteiger charge is 2.15. The maximum Gasteiger partial charge on any atom is 0.253 e. The predicted molar refractivity (Wildman–Crippen MR) is 65.0 cm³/mol. The van der Waals surface area contributed by atoms with E-state index in [1.54, 1.807) is 19.1 Å². The fourth-order valence-corrected chi connectivity index (χ4v) is 1.59.